The molecule has 0 aliphatic rings. The third kappa shape index (κ3) is 2.47. The van der Waals surface area contributed by atoms with Crippen LogP contribution < -0.4 is 5.11 Å². The largest absolute Gasteiger partial charge is 0.549 e. The standard InChI is InChI=1S/C8H8O3S/c9-8(10)6-12(11)7-4-2-1-3-5-7/h1-5H,6H2,(H,9,10)/p-1. The lowest BCUT2D eigenvalue weighted by molar-refractivity contribution is -0.301. The number of aliphatic carboxylic acids is 1. The van der Waals surface area contributed by atoms with Crippen LogP contribution in [0.1, 0.15) is 0 Å². The van der Waals surface area contributed by atoms with Gasteiger partial charge in [0.25, 0.3) is 0 Å². The SMILES string of the molecule is O=C([O-])CS(=O)c1ccccc1. The third-order valence-electron chi connectivity index (χ3n) is 1.26. The highest BCUT2D eigenvalue weighted by atomic mass is 32.2. The predicted molar refractivity (Wildman–Crippen MR) is 42.7 cm³/mol. The smallest absolute Gasteiger partial charge is 0.0678 e. The molecular weight excluding hydrogens is 176 g/mol. The molecule has 0 saturated heterocycles. The molecule has 0 radical (unpaired) electrons. The Hall–Kier alpha value is -1.16. The van der Waals surface area contributed by atoms with Crippen LogP contribution >= 0.6 is 0 Å². The van der Waals surface area contributed by atoms with Gasteiger partial charge in [-0.15, -0.1) is 0 Å². The first-order valence-corrected chi connectivity index (χ1v) is 4.65. The zero-order valence-electron chi connectivity index (χ0n) is 6.23. The monoisotopic (exact) mass is 183 g/mol. The number of carboxylic acids is 1. The molecule has 1 atom stereocenters. The van der Waals surface area contributed by atoms with Gasteiger partial charge in [0.15, 0.2) is 0 Å². The summed E-state index contributed by atoms with van der Waals surface area (Å²) in [6, 6.07) is 8.45. The van der Waals surface area contributed by atoms with E-state index in [1.807, 2.05) is 0 Å². The van der Waals surface area contributed by atoms with Gasteiger partial charge in [-0.05, 0) is 12.1 Å². The Kier molecular flexibility index (Phi) is 2.99. The second-order valence-corrected chi connectivity index (χ2v) is 3.63. The molecule has 0 aliphatic heterocycles. The molecule has 0 amide bonds. The summed E-state index contributed by atoms with van der Waals surface area (Å²) in [5.74, 6) is -1.73. The van der Waals surface area contributed by atoms with Gasteiger partial charge in [-0.1, -0.05) is 18.2 Å². The van der Waals surface area contributed by atoms with E-state index >= 15 is 0 Å². The second kappa shape index (κ2) is 4.01. The van der Waals surface area contributed by atoms with Crippen molar-refractivity contribution in [2.45, 2.75) is 4.90 Å². The molecule has 4 heteroatoms. The fraction of sp³-hybridized carbons (Fsp3) is 0.125. The Morgan fingerprint density at radius 2 is 1.92 bits per heavy atom. The van der Waals surface area contributed by atoms with Crippen molar-refractivity contribution in [1.82, 2.24) is 0 Å². The van der Waals surface area contributed by atoms with Crippen LogP contribution in [0.25, 0.3) is 0 Å². The number of hydrogen-bond donors (Lipinski definition) is 0. The summed E-state index contributed by atoms with van der Waals surface area (Å²) in [5, 5.41) is 10.1. The van der Waals surface area contributed by atoms with Crippen molar-refractivity contribution in [2.24, 2.45) is 0 Å². The van der Waals surface area contributed by atoms with Gasteiger partial charge in [0.2, 0.25) is 0 Å². The fourth-order valence-corrected chi connectivity index (χ4v) is 1.60. The topological polar surface area (TPSA) is 57.2 Å². The first-order valence-electron chi connectivity index (χ1n) is 3.33. The van der Waals surface area contributed by atoms with Crippen LogP contribution in [-0.2, 0) is 15.6 Å². The molecule has 0 saturated carbocycles. The van der Waals surface area contributed by atoms with Crippen LogP contribution in [0.5, 0.6) is 0 Å². The maximum atomic E-state index is 11.1. The molecule has 3 nitrogen and oxygen atoms in total. The number of carbonyl (C=O) groups is 1. The number of carboxylic acid groups (broad SMARTS) is 1. The van der Waals surface area contributed by atoms with Crippen molar-refractivity contribution in [3.8, 4) is 0 Å². The van der Waals surface area contributed by atoms with Crippen LogP contribution in [-0.4, -0.2) is 15.9 Å². The zero-order chi connectivity index (χ0) is 8.97. The van der Waals surface area contributed by atoms with E-state index < -0.39 is 22.5 Å². The van der Waals surface area contributed by atoms with E-state index in [1.165, 1.54) is 0 Å². The van der Waals surface area contributed by atoms with Gasteiger partial charge in [-0.3, -0.25) is 4.21 Å². The lowest BCUT2D eigenvalue weighted by Gasteiger charge is -2.01. The molecule has 1 aromatic rings. The van der Waals surface area contributed by atoms with Crippen molar-refractivity contribution >= 4 is 16.8 Å². The molecule has 0 aromatic heterocycles. The molecule has 0 spiro atoms. The van der Waals surface area contributed by atoms with Gasteiger partial charge in [0.1, 0.15) is 0 Å². The van der Waals surface area contributed by atoms with E-state index in [9.17, 15) is 14.1 Å². The maximum absolute atomic E-state index is 11.1. The van der Waals surface area contributed by atoms with E-state index in [-0.39, 0.29) is 0 Å². The van der Waals surface area contributed by atoms with Crippen LogP contribution in [0.15, 0.2) is 35.2 Å². The maximum Gasteiger partial charge on any atom is 0.0678 e. The molecule has 0 N–H and O–H groups in total. The van der Waals surface area contributed by atoms with E-state index in [4.69, 9.17) is 0 Å². The normalized spacial score (nSPS) is 12.3. The molecule has 0 heterocycles. The van der Waals surface area contributed by atoms with Gasteiger partial charge in [0.05, 0.1) is 22.5 Å². The predicted octanol–water partition coefficient (Wildman–Crippen LogP) is -0.456. The number of hydrogen-bond acceptors (Lipinski definition) is 3. The molecule has 64 valence electrons. The summed E-state index contributed by atoms with van der Waals surface area (Å²) in [7, 11) is -1.48. The number of carbonyl (C=O) groups excluding carboxylic acids is 1. The Bertz CT molecular complexity index is 294. The minimum absolute atomic E-state index is 0.440. The average molecular weight is 183 g/mol. The fourth-order valence-electron chi connectivity index (χ4n) is 0.763. The minimum atomic E-state index is -1.48. The van der Waals surface area contributed by atoms with Crippen molar-refractivity contribution in [3.05, 3.63) is 30.3 Å². The molecule has 12 heavy (non-hydrogen) atoms. The van der Waals surface area contributed by atoms with Gasteiger partial charge < -0.3 is 9.90 Å². The van der Waals surface area contributed by atoms with E-state index in [0.717, 1.165) is 0 Å². The minimum Gasteiger partial charge on any atom is -0.549 e. The summed E-state index contributed by atoms with van der Waals surface area (Å²) in [4.78, 5) is 10.6. The van der Waals surface area contributed by atoms with E-state index in [2.05, 4.69) is 0 Å². The quantitative estimate of drug-likeness (QED) is 0.637. The van der Waals surface area contributed by atoms with E-state index in [0.29, 0.717) is 4.90 Å². The Morgan fingerprint density at radius 1 is 1.33 bits per heavy atom. The lowest BCUT2D eigenvalue weighted by Crippen LogP contribution is -2.28. The molecule has 1 aromatic carbocycles. The van der Waals surface area contributed by atoms with Crippen molar-refractivity contribution in [2.75, 3.05) is 5.75 Å². The summed E-state index contributed by atoms with van der Waals surface area (Å²) in [6.07, 6.45) is 0. The van der Waals surface area contributed by atoms with Gasteiger partial charge >= 0.3 is 0 Å². The first kappa shape index (κ1) is 8.93. The highest BCUT2D eigenvalue weighted by Crippen LogP contribution is 2.04. The molecule has 0 bridgehead atoms. The molecular formula is C8H7O3S-. The van der Waals surface area contributed by atoms with Crippen LogP contribution in [0.4, 0.5) is 0 Å². The lowest BCUT2D eigenvalue weighted by atomic mass is 10.4. The van der Waals surface area contributed by atoms with Gasteiger partial charge in [-0.25, -0.2) is 0 Å². The summed E-state index contributed by atoms with van der Waals surface area (Å²) >= 11 is 0. The Labute approximate surface area is 72.5 Å². The molecule has 0 aliphatic carbocycles. The Balaban J connectivity index is 2.73. The summed E-state index contributed by atoms with van der Waals surface area (Å²) in [5.41, 5.74) is 0. The second-order valence-electron chi connectivity index (χ2n) is 2.17. The van der Waals surface area contributed by atoms with Crippen LogP contribution in [0.3, 0.4) is 0 Å². The van der Waals surface area contributed by atoms with Crippen LogP contribution in [0.2, 0.25) is 0 Å². The summed E-state index contributed by atoms with van der Waals surface area (Å²) in [6.45, 7) is 0. The van der Waals surface area contributed by atoms with Crippen molar-refractivity contribution in [3.63, 3.8) is 0 Å². The molecule has 0 fully saturated rings. The molecule has 1 rings (SSSR count). The van der Waals surface area contributed by atoms with Gasteiger partial charge in [-0.2, -0.15) is 0 Å². The Morgan fingerprint density at radius 3 is 2.42 bits per heavy atom. The van der Waals surface area contributed by atoms with Crippen molar-refractivity contribution < 1.29 is 14.1 Å². The van der Waals surface area contributed by atoms with Crippen LogP contribution in [0, 0.1) is 0 Å². The van der Waals surface area contributed by atoms with Gasteiger partial charge in [0, 0.05) is 4.90 Å². The number of rotatable bonds is 3. The summed E-state index contributed by atoms with van der Waals surface area (Å²) < 4.78 is 11.1. The zero-order valence-corrected chi connectivity index (χ0v) is 7.04. The first-order chi connectivity index (χ1) is 5.70. The van der Waals surface area contributed by atoms with E-state index in [1.54, 1.807) is 30.3 Å². The average Bonchev–Trinajstić information content (AvgIpc) is 2.05. The van der Waals surface area contributed by atoms with Crippen molar-refractivity contribution in [1.29, 1.82) is 0 Å². The highest BCUT2D eigenvalue weighted by Gasteiger charge is 2.01. The third-order valence-corrected chi connectivity index (χ3v) is 2.55. The molecule has 1 unspecified atom stereocenters. The highest BCUT2D eigenvalue weighted by molar-refractivity contribution is 7.85. The number of benzene rings is 1.